The molecule has 2 aromatic rings. The lowest BCUT2D eigenvalue weighted by molar-refractivity contribution is -0.137. The van der Waals surface area contributed by atoms with Gasteiger partial charge in [0.2, 0.25) is 17.7 Å². The van der Waals surface area contributed by atoms with Gasteiger partial charge in [0, 0.05) is 56.8 Å². The number of rotatable bonds is 5. The summed E-state index contributed by atoms with van der Waals surface area (Å²) in [5, 5.41) is 2.35. The third kappa shape index (κ3) is 5.06. The van der Waals surface area contributed by atoms with Crippen LogP contribution in [0.5, 0.6) is 0 Å². The Morgan fingerprint density at radius 1 is 0.925 bits per heavy atom. The molecule has 0 radical (unpaired) electrons. The zero-order valence-electron chi connectivity index (χ0n) is 22.5. The quantitative estimate of drug-likeness (QED) is 0.584. The Kier molecular flexibility index (Phi) is 7.23. The molecular weight excluding hydrogens is 511 g/mol. The highest BCUT2D eigenvalue weighted by Crippen LogP contribution is 2.34. The van der Waals surface area contributed by atoms with Crippen LogP contribution in [-0.4, -0.2) is 70.5 Å². The van der Waals surface area contributed by atoms with Gasteiger partial charge in [0.25, 0.3) is 5.91 Å². The first-order valence-electron chi connectivity index (χ1n) is 14.1. The Hall–Kier alpha value is -3.85. The molecule has 1 unspecified atom stereocenters. The molecule has 2 fully saturated rings. The predicted molar refractivity (Wildman–Crippen MR) is 146 cm³/mol. The molecule has 9 heteroatoms. The number of hydrogen-bond donors (Lipinski definition) is 1. The van der Waals surface area contributed by atoms with E-state index in [9.17, 15) is 23.6 Å². The highest BCUT2D eigenvalue weighted by molar-refractivity contribution is 6.06. The van der Waals surface area contributed by atoms with Crippen LogP contribution >= 0.6 is 0 Å². The minimum atomic E-state index is -0.631. The molecular formula is C31H33FN4O4. The molecule has 8 nitrogen and oxygen atoms in total. The van der Waals surface area contributed by atoms with Gasteiger partial charge in [-0.05, 0) is 66.5 Å². The zero-order valence-corrected chi connectivity index (χ0v) is 22.5. The van der Waals surface area contributed by atoms with Crippen molar-refractivity contribution in [3.63, 3.8) is 0 Å². The Morgan fingerprint density at radius 3 is 2.42 bits per heavy atom. The normalized spacial score (nSPS) is 22.0. The van der Waals surface area contributed by atoms with Crippen LogP contribution in [0.4, 0.5) is 4.39 Å². The van der Waals surface area contributed by atoms with Crippen LogP contribution in [-0.2, 0) is 27.5 Å². The van der Waals surface area contributed by atoms with Gasteiger partial charge >= 0.3 is 0 Å². The maximum atomic E-state index is 13.6. The van der Waals surface area contributed by atoms with Crippen molar-refractivity contribution in [2.75, 3.05) is 26.2 Å². The van der Waals surface area contributed by atoms with E-state index in [1.165, 1.54) is 12.1 Å². The molecule has 0 bridgehead atoms. The van der Waals surface area contributed by atoms with E-state index in [-0.39, 0.29) is 30.0 Å². The number of hydrogen-bond acceptors (Lipinski definition) is 5. The van der Waals surface area contributed by atoms with Crippen molar-refractivity contribution in [3.8, 4) is 0 Å². The standard InChI is InChI=1S/C31H33FN4O4/c32-23-10-8-20(9-11-23)24-6-1-2-7-25(24)30(39)35-16-14-34(15-17-35)18-21-4-3-5-22-19-36(31(40)28(21)22)26-12-13-27(37)33-29(26)38/h3-5,8-11,26H,1-2,6-7,12-19H2,(H,33,37,38). The predicted octanol–water partition coefficient (Wildman–Crippen LogP) is 3.26. The third-order valence-electron chi connectivity index (χ3n) is 8.61. The molecule has 4 amide bonds. The van der Waals surface area contributed by atoms with Crippen molar-refractivity contribution >= 4 is 29.2 Å². The van der Waals surface area contributed by atoms with Crippen LogP contribution in [0.2, 0.25) is 0 Å². The number of piperazine rings is 1. The van der Waals surface area contributed by atoms with Crippen LogP contribution < -0.4 is 5.32 Å². The molecule has 2 aromatic carbocycles. The maximum absolute atomic E-state index is 13.6. The Balaban J connectivity index is 1.12. The first kappa shape index (κ1) is 26.4. The summed E-state index contributed by atoms with van der Waals surface area (Å²) in [5.41, 5.74) is 5.30. The molecule has 0 saturated carbocycles. The van der Waals surface area contributed by atoms with Crippen molar-refractivity contribution < 1.29 is 23.6 Å². The topological polar surface area (TPSA) is 90.0 Å². The van der Waals surface area contributed by atoms with Crippen LogP contribution in [0, 0.1) is 5.82 Å². The van der Waals surface area contributed by atoms with Crippen LogP contribution in [0.1, 0.15) is 65.6 Å². The zero-order chi connectivity index (χ0) is 27.8. The average Bonchev–Trinajstić information content (AvgIpc) is 3.30. The van der Waals surface area contributed by atoms with E-state index in [0.29, 0.717) is 51.3 Å². The smallest absolute Gasteiger partial charge is 0.255 e. The van der Waals surface area contributed by atoms with Gasteiger partial charge in [-0.1, -0.05) is 30.3 Å². The molecule has 3 heterocycles. The Labute approximate surface area is 232 Å². The molecule has 1 atom stereocenters. The average molecular weight is 545 g/mol. The number of halogens is 1. The third-order valence-corrected chi connectivity index (χ3v) is 8.61. The van der Waals surface area contributed by atoms with Gasteiger partial charge in [0.15, 0.2) is 0 Å². The molecule has 4 aliphatic rings. The van der Waals surface area contributed by atoms with E-state index < -0.39 is 11.9 Å². The summed E-state index contributed by atoms with van der Waals surface area (Å²) in [5.74, 6) is -1.06. The molecule has 6 rings (SSSR count). The summed E-state index contributed by atoms with van der Waals surface area (Å²) in [6.07, 6.45) is 4.15. The number of carbonyl (C=O) groups excluding carboxylic acids is 4. The fourth-order valence-corrected chi connectivity index (χ4v) is 6.47. The fourth-order valence-electron chi connectivity index (χ4n) is 6.47. The number of allylic oxidation sites excluding steroid dienone is 1. The van der Waals surface area contributed by atoms with Gasteiger partial charge in [0.1, 0.15) is 11.9 Å². The molecule has 3 aliphatic heterocycles. The number of nitrogens with zero attached hydrogens (tertiary/aromatic N) is 3. The van der Waals surface area contributed by atoms with Crippen molar-refractivity contribution in [3.05, 3.63) is 76.1 Å². The first-order valence-corrected chi connectivity index (χ1v) is 14.1. The monoisotopic (exact) mass is 544 g/mol. The van der Waals surface area contributed by atoms with E-state index in [1.807, 2.05) is 23.1 Å². The summed E-state index contributed by atoms with van der Waals surface area (Å²) >= 11 is 0. The maximum Gasteiger partial charge on any atom is 0.255 e. The summed E-state index contributed by atoms with van der Waals surface area (Å²) in [4.78, 5) is 56.8. The van der Waals surface area contributed by atoms with E-state index in [1.54, 1.807) is 17.0 Å². The lowest BCUT2D eigenvalue weighted by atomic mass is 9.86. The number of amides is 4. The summed E-state index contributed by atoms with van der Waals surface area (Å²) in [6.45, 7) is 3.54. The van der Waals surface area contributed by atoms with Crippen LogP contribution in [0.3, 0.4) is 0 Å². The van der Waals surface area contributed by atoms with Gasteiger partial charge in [-0.25, -0.2) is 4.39 Å². The number of piperidine rings is 1. The molecule has 2 saturated heterocycles. The molecule has 40 heavy (non-hydrogen) atoms. The van der Waals surface area contributed by atoms with Gasteiger partial charge in [-0.2, -0.15) is 0 Å². The van der Waals surface area contributed by atoms with Crippen LogP contribution in [0.25, 0.3) is 5.57 Å². The van der Waals surface area contributed by atoms with Crippen LogP contribution in [0.15, 0.2) is 48.0 Å². The first-order chi connectivity index (χ1) is 19.4. The molecule has 0 spiro atoms. The lowest BCUT2D eigenvalue weighted by Gasteiger charge is -2.36. The summed E-state index contributed by atoms with van der Waals surface area (Å²) in [7, 11) is 0. The van der Waals surface area contributed by atoms with Crippen molar-refractivity contribution in [2.45, 2.75) is 57.7 Å². The van der Waals surface area contributed by atoms with Gasteiger partial charge < -0.3 is 9.80 Å². The number of benzene rings is 2. The van der Waals surface area contributed by atoms with E-state index in [2.05, 4.69) is 10.2 Å². The van der Waals surface area contributed by atoms with Crippen molar-refractivity contribution in [2.24, 2.45) is 0 Å². The lowest BCUT2D eigenvalue weighted by Crippen LogP contribution is -2.52. The van der Waals surface area contributed by atoms with Gasteiger partial charge in [0.05, 0.1) is 0 Å². The number of carbonyl (C=O) groups is 4. The molecule has 0 aromatic heterocycles. The second-order valence-corrected chi connectivity index (χ2v) is 11.1. The second-order valence-electron chi connectivity index (χ2n) is 11.1. The second kappa shape index (κ2) is 11.0. The highest BCUT2D eigenvalue weighted by Gasteiger charge is 2.40. The number of fused-ring (bicyclic) bond motifs is 1. The van der Waals surface area contributed by atoms with E-state index in [0.717, 1.165) is 53.5 Å². The number of imide groups is 1. The Bertz CT molecular complexity index is 1390. The fraction of sp³-hybridized carbons (Fsp3) is 0.419. The van der Waals surface area contributed by atoms with E-state index >= 15 is 0 Å². The minimum Gasteiger partial charge on any atom is -0.336 e. The minimum absolute atomic E-state index is 0.0781. The largest absolute Gasteiger partial charge is 0.336 e. The van der Waals surface area contributed by atoms with E-state index in [4.69, 9.17) is 0 Å². The Morgan fingerprint density at radius 2 is 1.68 bits per heavy atom. The summed E-state index contributed by atoms with van der Waals surface area (Å²) < 4.78 is 13.5. The van der Waals surface area contributed by atoms with Gasteiger partial charge in [-0.15, -0.1) is 0 Å². The summed E-state index contributed by atoms with van der Waals surface area (Å²) in [6, 6.07) is 11.6. The van der Waals surface area contributed by atoms with Crippen molar-refractivity contribution in [1.29, 1.82) is 0 Å². The highest BCUT2D eigenvalue weighted by atomic mass is 19.1. The molecule has 1 aliphatic carbocycles. The SMILES string of the molecule is O=C1CCC(N2Cc3cccc(CN4CCN(C(=O)C5=C(c6ccc(F)cc6)CCCC5)CC4)c3C2=O)C(=O)N1. The van der Waals surface area contributed by atoms with Gasteiger partial charge in [-0.3, -0.25) is 29.4 Å². The molecule has 1 N–H and O–H groups in total. The molecule has 208 valence electrons. The van der Waals surface area contributed by atoms with Crippen molar-refractivity contribution in [1.82, 2.24) is 20.0 Å². The number of nitrogens with one attached hydrogen (secondary N) is 1.